The van der Waals surface area contributed by atoms with Crippen LogP contribution in [-0.4, -0.2) is 30.3 Å². The summed E-state index contributed by atoms with van der Waals surface area (Å²) in [6, 6.07) is 19.5. The molecule has 1 aliphatic rings. The van der Waals surface area contributed by atoms with E-state index in [-0.39, 0.29) is 22.3 Å². The van der Waals surface area contributed by atoms with Crippen molar-refractivity contribution < 1.29 is 23.9 Å². The van der Waals surface area contributed by atoms with Gasteiger partial charge in [-0.05, 0) is 83.0 Å². The molecule has 0 aromatic heterocycles. The van der Waals surface area contributed by atoms with Crippen LogP contribution >= 0.6 is 27.5 Å². The third-order valence-corrected chi connectivity index (χ3v) is 6.41. The Labute approximate surface area is 226 Å². The Kier molecular flexibility index (Phi) is 8.05. The average molecular weight is 583 g/mol. The lowest BCUT2D eigenvalue weighted by molar-refractivity contribution is -0.120. The molecule has 0 atom stereocenters. The van der Waals surface area contributed by atoms with Gasteiger partial charge in [0.25, 0.3) is 17.7 Å². The molecule has 0 bridgehead atoms. The number of hydrogen-bond donors (Lipinski definition) is 2. The molecule has 0 saturated carbocycles. The monoisotopic (exact) mass is 581 g/mol. The van der Waals surface area contributed by atoms with Crippen molar-refractivity contribution in [1.29, 1.82) is 0 Å². The zero-order valence-corrected chi connectivity index (χ0v) is 21.9. The number of halogens is 2. The molecule has 188 valence electrons. The molecular weight excluding hydrogens is 562 g/mol. The van der Waals surface area contributed by atoms with Crippen molar-refractivity contribution in [1.82, 2.24) is 0 Å². The van der Waals surface area contributed by atoms with Crippen molar-refractivity contribution in [3.8, 4) is 0 Å². The van der Waals surface area contributed by atoms with Crippen LogP contribution in [0.15, 0.2) is 88.0 Å². The van der Waals surface area contributed by atoms with E-state index in [1.807, 2.05) is 25.1 Å². The highest BCUT2D eigenvalue weighted by atomic mass is 79.9. The van der Waals surface area contributed by atoms with Gasteiger partial charge < -0.3 is 15.4 Å². The molecule has 0 spiro atoms. The Hall–Kier alpha value is -3.95. The highest BCUT2D eigenvalue weighted by Crippen LogP contribution is 2.30. The van der Waals surface area contributed by atoms with Gasteiger partial charge in [0.1, 0.15) is 10.7 Å². The van der Waals surface area contributed by atoms with E-state index in [4.69, 9.17) is 16.3 Å². The van der Waals surface area contributed by atoms with Gasteiger partial charge in [-0.25, -0.2) is 9.69 Å². The fourth-order valence-corrected chi connectivity index (χ4v) is 4.07. The van der Waals surface area contributed by atoms with Crippen LogP contribution in [0.2, 0.25) is 0 Å². The highest BCUT2D eigenvalue weighted by molar-refractivity contribution is 9.10. The second-order valence-electron chi connectivity index (χ2n) is 7.95. The molecule has 0 radical (unpaired) electrons. The molecule has 10 heteroatoms. The minimum Gasteiger partial charge on any atom is -0.462 e. The minimum atomic E-state index is -0.695. The molecule has 3 amide bonds. The number of ether oxygens (including phenoxy) is 1. The van der Waals surface area contributed by atoms with Crippen molar-refractivity contribution in [3.05, 3.63) is 99.1 Å². The van der Waals surface area contributed by atoms with E-state index in [0.717, 1.165) is 9.37 Å². The summed E-state index contributed by atoms with van der Waals surface area (Å²) in [6.45, 7) is 2.19. The number of para-hydroxylation sites is 1. The molecule has 3 aromatic rings. The molecule has 0 aliphatic carbocycles. The molecule has 1 aliphatic heterocycles. The Balaban J connectivity index is 1.44. The summed E-state index contributed by atoms with van der Waals surface area (Å²) < 4.78 is 5.84. The van der Waals surface area contributed by atoms with Crippen LogP contribution in [0.25, 0.3) is 0 Å². The van der Waals surface area contributed by atoms with Crippen LogP contribution in [0.4, 0.5) is 17.1 Å². The molecule has 8 nitrogen and oxygen atoms in total. The van der Waals surface area contributed by atoms with Gasteiger partial charge in [-0.2, -0.15) is 0 Å². The standard InChI is InChI=1S/C27H21BrClN3O5/c1-2-15-37-27(36)17-9-13-19(14-10-17)32-25(34)22(29)23(26(32)35)30-18-11-7-16(8-12-18)24(33)31-21-6-4-3-5-20(21)28/h3-14,30H,2,15H2,1H3,(H,31,33). The van der Waals surface area contributed by atoms with Crippen molar-refractivity contribution in [2.24, 2.45) is 0 Å². The maximum absolute atomic E-state index is 13.0. The zero-order chi connectivity index (χ0) is 26.5. The summed E-state index contributed by atoms with van der Waals surface area (Å²) in [6.07, 6.45) is 0.697. The van der Waals surface area contributed by atoms with E-state index in [1.165, 1.54) is 24.3 Å². The normalized spacial score (nSPS) is 13.1. The lowest BCUT2D eigenvalue weighted by atomic mass is 10.2. The van der Waals surface area contributed by atoms with Crippen molar-refractivity contribution in [2.45, 2.75) is 13.3 Å². The van der Waals surface area contributed by atoms with Gasteiger partial charge in [-0.1, -0.05) is 30.7 Å². The Morgan fingerprint density at radius 2 is 1.57 bits per heavy atom. The number of carbonyl (C=O) groups excluding carboxylic acids is 4. The minimum absolute atomic E-state index is 0.0940. The molecule has 37 heavy (non-hydrogen) atoms. The van der Waals surface area contributed by atoms with Crippen LogP contribution in [0.5, 0.6) is 0 Å². The van der Waals surface area contributed by atoms with Crippen LogP contribution in [0.1, 0.15) is 34.1 Å². The summed E-state index contributed by atoms with van der Waals surface area (Å²) in [5, 5.41) is 5.41. The van der Waals surface area contributed by atoms with Crippen molar-refractivity contribution in [2.75, 3.05) is 22.1 Å². The summed E-state index contributed by atoms with van der Waals surface area (Å²) in [5.74, 6) is -2.14. The fourth-order valence-electron chi connectivity index (χ4n) is 3.48. The second kappa shape index (κ2) is 11.4. The first-order valence-corrected chi connectivity index (χ1v) is 12.5. The number of nitrogens with one attached hydrogen (secondary N) is 2. The zero-order valence-electron chi connectivity index (χ0n) is 19.6. The predicted molar refractivity (Wildman–Crippen MR) is 145 cm³/mol. The SMILES string of the molecule is CCCOC(=O)c1ccc(N2C(=O)C(Cl)=C(Nc3ccc(C(=O)Nc4ccccc4Br)cc3)C2=O)cc1. The molecule has 0 fully saturated rings. The number of nitrogens with zero attached hydrogens (tertiary/aromatic N) is 1. The average Bonchev–Trinajstić information content (AvgIpc) is 3.12. The molecule has 3 aromatic carbocycles. The first kappa shape index (κ1) is 26.1. The van der Waals surface area contributed by atoms with Crippen molar-refractivity contribution >= 4 is 68.3 Å². The predicted octanol–water partition coefficient (Wildman–Crippen LogP) is 5.70. The number of benzene rings is 3. The van der Waals surface area contributed by atoms with E-state index < -0.39 is 17.8 Å². The van der Waals surface area contributed by atoms with Crippen LogP contribution in [-0.2, 0) is 14.3 Å². The van der Waals surface area contributed by atoms with Crippen LogP contribution < -0.4 is 15.5 Å². The van der Waals surface area contributed by atoms with E-state index in [0.29, 0.717) is 35.5 Å². The van der Waals surface area contributed by atoms with E-state index >= 15 is 0 Å². The van der Waals surface area contributed by atoms with Gasteiger partial charge >= 0.3 is 5.97 Å². The number of imide groups is 1. The lowest BCUT2D eigenvalue weighted by Crippen LogP contribution is -2.32. The second-order valence-corrected chi connectivity index (χ2v) is 9.19. The van der Waals surface area contributed by atoms with E-state index in [2.05, 4.69) is 26.6 Å². The summed E-state index contributed by atoms with van der Waals surface area (Å²) >= 11 is 9.59. The molecule has 0 saturated heterocycles. The fraction of sp³-hybridized carbons (Fsp3) is 0.111. The number of anilines is 3. The maximum Gasteiger partial charge on any atom is 0.338 e. The summed E-state index contributed by atoms with van der Waals surface area (Å²) in [7, 11) is 0. The maximum atomic E-state index is 13.0. The van der Waals surface area contributed by atoms with E-state index in [1.54, 1.807) is 30.3 Å². The summed E-state index contributed by atoms with van der Waals surface area (Å²) in [5.41, 5.74) is 1.96. The Morgan fingerprint density at radius 1 is 0.919 bits per heavy atom. The topological polar surface area (TPSA) is 105 Å². The molecule has 2 N–H and O–H groups in total. The number of esters is 1. The first-order valence-electron chi connectivity index (χ1n) is 11.3. The van der Waals surface area contributed by atoms with Gasteiger partial charge in [0.15, 0.2) is 0 Å². The van der Waals surface area contributed by atoms with Gasteiger partial charge in [-0.15, -0.1) is 0 Å². The first-order chi connectivity index (χ1) is 17.8. The van der Waals surface area contributed by atoms with Gasteiger partial charge in [-0.3, -0.25) is 14.4 Å². The Bertz CT molecular complexity index is 1400. The molecule has 1 heterocycles. The van der Waals surface area contributed by atoms with Crippen LogP contribution in [0.3, 0.4) is 0 Å². The molecule has 0 unspecified atom stereocenters. The van der Waals surface area contributed by atoms with Gasteiger partial charge in [0.05, 0.1) is 23.5 Å². The number of amides is 3. The van der Waals surface area contributed by atoms with Gasteiger partial charge in [0.2, 0.25) is 0 Å². The summed E-state index contributed by atoms with van der Waals surface area (Å²) in [4.78, 5) is 51.3. The van der Waals surface area contributed by atoms with Crippen molar-refractivity contribution in [3.63, 3.8) is 0 Å². The molecule has 4 rings (SSSR count). The molecular formula is C27H21BrClN3O5. The number of hydrogen-bond acceptors (Lipinski definition) is 6. The third kappa shape index (κ3) is 5.73. The van der Waals surface area contributed by atoms with E-state index in [9.17, 15) is 19.2 Å². The highest BCUT2D eigenvalue weighted by Gasteiger charge is 2.39. The smallest absolute Gasteiger partial charge is 0.338 e. The number of rotatable bonds is 8. The largest absolute Gasteiger partial charge is 0.462 e. The number of carbonyl (C=O) groups is 4. The quantitative estimate of drug-likeness (QED) is 0.261. The van der Waals surface area contributed by atoms with Gasteiger partial charge in [0, 0.05) is 15.7 Å². The Morgan fingerprint density at radius 3 is 2.22 bits per heavy atom. The lowest BCUT2D eigenvalue weighted by Gasteiger charge is -2.15. The third-order valence-electron chi connectivity index (χ3n) is 5.36. The van der Waals surface area contributed by atoms with Crippen LogP contribution in [0, 0.1) is 0 Å².